The van der Waals surface area contributed by atoms with Gasteiger partial charge in [0.05, 0.1) is 19.1 Å². The fraction of sp³-hybridized carbons (Fsp3) is 0.364. The number of fused-ring (bicyclic) bond motifs is 2. The highest BCUT2D eigenvalue weighted by atomic mass is 16.5. The minimum absolute atomic E-state index is 0.267. The molecule has 1 saturated heterocycles. The molecule has 152 valence electrons. The minimum atomic E-state index is -1.21. The predicted octanol–water partition coefficient (Wildman–Crippen LogP) is 2.15. The Bertz CT molecular complexity index is 957. The number of carbonyl (C=O) groups is 2. The van der Waals surface area contributed by atoms with Gasteiger partial charge in [-0.15, -0.1) is 0 Å². The number of carbonyl (C=O) groups excluding carboxylic acids is 2. The first-order valence-electron chi connectivity index (χ1n) is 9.68. The van der Waals surface area contributed by atoms with E-state index in [9.17, 15) is 14.7 Å². The van der Waals surface area contributed by atoms with Crippen LogP contribution in [0.4, 0.5) is 11.4 Å². The van der Waals surface area contributed by atoms with Crippen molar-refractivity contribution >= 4 is 23.2 Å². The molecular formula is C22H25N3O4. The summed E-state index contributed by atoms with van der Waals surface area (Å²) >= 11 is 0. The van der Waals surface area contributed by atoms with Gasteiger partial charge in [-0.25, -0.2) is 0 Å². The molecule has 4 rings (SSSR count). The lowest BCUT2D eigenvalue weighted by Crippen LogP contribution is -2.53. The maximum absolute atomic E-state index is 13.3. The number of hydrogen-bond donors (Lipinski definition) is 4. The van der Waals surface area contributed by atoms with Gasteiger partial charge < -0.3 is 20.5 Å². The molecule has 2 heterocycles. The molecule has 0 aliphatic carbocycles. The smallest absolute Gasteiger partial charge is 0.250 e. The number of amides is 2. The monoisotopic (exact) mass is 395 g/mol. The molecule has 0 aromatic heterocycles. The highest BCUT2D eigenvalue weighted by molar-refractivity contribution is 6.10. The molecule has 0 saturated carbocycles. The summed E-state index contributed by atoms with van der Waals surface area (Å²) < 4.78 is 5.15. The maximum Gasteiger partial charge on any atom is 0.250 e. The van der Waals surface area contributed by atoms with Crippen molar-refractivity contribution in [1.29, 1.82) is 0 Å². The van der Waals surface area contributed by atoms with E-state index in [0.717, 1.165) is 11.1 Å². The number of rotatable bonds is 4. The van der Waals surface area contributed by atoms with Crippen molar-refractivity contribution in [1.82, 2.24) is 5.32 Å². The van der Waals surface area contributed by atoms with Gasteiger partial charge in [-0.2, -0.15) is 0 Å². The highest BCUT2D eigenvalue weighted by Gasteiger charge is 2.60. The third-order valence-electron chi connectivity index (χ3n) is 5.89. The van der Waals surface area contributed by atoms with E-state index in [1.807, 2.05) is 25.1 Å². The van der Waals surface area contributed by atoms with Crippen molar-refractivity contribution in [3.63, 3.8) is 0 Å². The number of methoxy groups -OCH3 is 1. The number of anilines is 2. The molecule has 1 fully saturated rings. The standard InChI is InChI=1S/C22H25N3O4/c1-12-4-9-18-16(10-12)22(21(28)24-18)17(11-19(25-22)13(2)26)20(27)23-14-5-7-15(29-3)8-6-14/h4-10,13,17,19,25-26H,11H2,1-3H3,(H,23,27)(H,24,28)/t13-,17-,19-,22+/m1/s1. The second-order valence-electron chi connectivity index (χ2n) is 7.81. The lowest BCUT2D eigenvalue weighted by molar-refractivity contribution is -0.130. The van der Waals surface area contributed by atoms with E-state index >= 15 is 0 Å². The molecule has 2 aliphatic heterocycles. The molecule has 0 bridgehead atoms. The van der Waals surface area contributed by atoms with Crippen LogP contribution in [0, 0.1) is 12.8 Å². The summed E-state index contributed by atoms with van der Waals surface area (Å²) in [5.74, 6) is -0.519. The zero-order valence-electron chi connectivity index (χ0n) is 16.7. The first kappa shape index (κ1) is 19.4. The SMILES string of the molecule is COc1ccc(NC(=O)[C@H]2C[C@H]([C@@H](C)O)N[C@]23C(=O)Nc2ccc(C)cc23)cc1. The molecule has 2 amide bonds. The number of hydrogen-bond acceptors (Lipinski definition) is 5. The number of ether oxygens (including phenoxy) is 1. The molecule has 0 radical (unpaired) electrons. The average Bonchev–Trinajstić information content (AvgIpc) is 3.23. The third-order valence-corrected chi connectivity index (χ3v) is 5.89. The molecule has 2 aliphatic rings. The summed E-state index contributed by atoms with van der Waals surface area (Å²) in [6.45, 7) is 3.61. The Kier molecular flexibility index (Phi) is 4.80. The summed E-state index contributed by atoms with van der Waals surface area (Å²) in [5.41, 5.74) is 1.85. The van der Waals surface area contributed by atoms with E-state index in [-0.39, 0.29) is 17.9 Å². The van der Waals surface area contributed by atoms with Crippen LogP contribution in [0.25, 0.3) is 0 Å². The van der Waals surface area contributed by atoms with Gasteiger partial charge in [0.25, 0.3) is 0 Å². The topological polar surface area (TPSA) is 99.7 Å². The fourth-order valence-electron chi connectivity index (χ4n) is 4.33. The van der Waals surface area contributed by atoms with Crippen molar-refractivity contribution in [3.8, 4) is 5.75 Å². The zero-order chi connectivity index (χ0) is 20.8. The lowest BCUT2D eigenvalue weighted by Gasteiger charge is -2.29. The van der Waals surface area contributed by atoms with E-state index in [0.29, 0.717) is 23.5 Å². The van der Waals surface area contributed by atoms with E-state index < -0.39 is 17.6 Å². The van der Waals surface area contributed by atoms with Gasteiger partial charge in [-0.05, 0) is 50.6 Å². The Morgan fingerprint density at radius 3 is 2.66 bits per heavy atom. The van der Waals surface area contributed by atoms with Crippen LogP contribution in [0.2, 0.25) is 0 Å². The van der Waals surface area contributed by atoms with Gasteiger partial charge in [0.15, 0.2) is 0 Å². The number of aryl methyl sites for hydroxylation is 1. The Morgan fingerprint density at radius 1 is 1.28 bits per heavy atom. The average molecular weight is 395 g/mol. The van der Waals surface area contributed by atoms with Gasteiger partial charge in [0, 0.05) is 23.0 Å². The van der Waals surface area contributed by atoms with Crippen LogP contribution < -0.4 is 20.7 Å². The molecule has 7 nitrogen and oxygen atoms in total. The van der Waals surface area contributed by atoms with Crippen molar-refractivity contribution in [2.24, 2.45) is 5.92 Å². The van der Waals surface area contributed by atoms with E-state index in [1.165, 1.54) is 0 Å². The molecule has 2 aromatic carbocycles. The molecule has 2 aromatic rings. The van der Waals surface area contributed by atoms with Gasteiger partial charge in [0.2, 0.25) is 11.8 Å². The van der Waals surface area contributed by atoms with Crippen LogP contribution in [0.5, 0.6) is 5.75 Å². The molecule has 1 spiro atoms. The van der Waals surface area contributed by atoms with Gasteiger partial charge in [0.1, 0.15) is 11.3 Å². The fourth-order valence-corrected chi connectivity index (χ4v) is 4.33. The second-order valence-corrected chi connectivity index (χ2v) is 7.81. The summed E-state index contributed by atoms with van der Waals surface area (Å²) in [6, 6.07) is 12.4. The molecule has 7 heteroatoms. The van der Waals surface area contributed by atoms with Crippen LogP contribution in [0.15, 0.2) is 42.5 Å². The first-order chi connectivity index (χ1) is 13.8. The Hall–Kier alpha value is -2.90. The minimum Gasteiger partial charge on any atom is -0.497 e. The van der Waals surface area contributed by atoms with Crippen molar-refractivity contribution < 1.29 is 19.4 Å². The largest absolute Gasteiger partial charge is 0.497 e. The zero-order valence-corrected chi connectivity index (χ0v) is 16.7. The molecule has 0 unspecified atom stereocenters. The van der Waals surface area contributed by atoms with Gasteiger partial charge in [-0.1, -0.05) is 17.7 Å². The van der Waals surface area contributed by atoms with Crippen LogP contribution >= 0.6 is 0 Å². The van der Waals surface area contributed by atoms with Gasteiger partial charge >= 0.3 is 0 Å². The Balaban J connectivity index is 1.71. The quantitative estimate of drug-likeness (QED) is 0.636. The highest BCUT2D eigenvalue weighted by Crippen LogP contribution is 2.48. The van der Waals surface area contributed by atoms with E-state index in [2.05, 4.69) is 16.0 Å². The van der Waals surface area contributed by atoms with E-state index in [1.54, 1.807) is 38.3 Å². The van der Waals surface area contributed by atoms with Crippen molar-refractivity contribution in [3.05, 3.63) is 53.6 Å². The van der Waals surface area contributed by atoms with Crippen molar-refractivity contribution in [2.45, 2.75) is 38.0 Å². The maximum atomic E-state index is 13.3. The second kappa shape index (κ2) is 7.17. The summed E-state index contributed by atoms with van der Waals surface area (Å²) in [4.78, 5) is 26.4. The Labute approximate surface area is 169 Å². The summed E-state index contributed by atoms with van der Waals surface area (Å²) in [7, 11) is 1.58. The third kappa shape index (κ3) is 3.16. The van der Waals surface area contributed by atoms with Crippen molar-refractivity contribution in [2.75, 3.05) is 17.7 Å². The summed E-state index contributed by atoms with van der Waals surface area (Å²) in [5, 5.41) is 19.3. The number of nitrogens with one attached hydrogen (secondary N) is 3. The molecule has 4 N–H and O–H groups in total. The molecular weight excluding hydrogens is 370 g/mol. The predicted molar refractivity (Wildman–Crippen MR) is 110 cm³/mol. The first-order valence-corrected chi connectivity index (χ1v) is 9.68. The lowest BCUT2D eigenvalue weighted by atomic mass is 9.79. The summed E-state index contributed by atoms with van der Waals surface area (Å²) in [6.07, 6.45) is -0.354. The molecule has 4 atom stereocenters. The number of aliphatic hydroxyl groups excluding tert-OH is 1. The molecule has 29 heavy (non-hydrogen) atoms. The number of aliphatic hydroxyl groups is 1. The van der Waals surface area contributed by atoms with Crippen LogP contribution in [-0.4, -0.2) is 36.2 Å². The van der Waals surface area contributed by atoms with Gasteiger partial charge in [-0.3, -0.25) is 14.9 Å². The van der Waals surface area contributed by atoms with Crippen LogP contribution in [0.3, 0.4) is 0 Å². The normalized spacial score (nSPS) is 26.1. The van der Waals surface area contributed by atoms with E-state index in [4.69, 9.17) is 4.74 Å². The van der Waals surface area contributed by atoms with Crippen LogP contribution in [-0.2, 0) is 15.1 Å². The number of benzene rings is 2. The Morgan fingerprint density at radius 2 is 2.00 bits per heavy atom. The van der Waals surface area contributed by atoms with Crippen LogP contribution in [0.1, 0.15) is 24.5 Å².